The molecule has 2 aromatic heterocycles. The fourth-order valence-electron chi connectivity index (χ4n) is 2.27. The lowest BCUT2D eigenvalue weighted by molar-refractivity contribution is 0.551. The van der Waals surface area contributed by atoms with Crippen molar-refractivity contribution in [3.8, 4) is 6.07 Å². The van der Waals surface area contributed by atoms with E-state index in [2.05, 4.69) is 0 Å². The summed E-state index contributed by atoms with van der Waals surface area (Å²) >= 11 is 0. The number of furan rings is 1. The number of fused-ring (bicyclic) bond motifs is 2. The molecular formula is C16H15NO3. The fourth-order valence-corrected chi connectivity index (χ4v) is 2.27. The minimum absolute atomic E-state index is 0.319. The van der Waals surface area contributed by atoms with Crippen LogP contribution in [-0.4, -0.2) is 0 Å². The van der Waals surface area contributed by atoms with E-state index in [1.54, 1.807) is 6.07 Å². The van der Waals surface area contributed by atoms with Crippen LogP contribution >= 0.6 is 0 Å². The number of hydrogen-bond acceptors (Lipinski definition) is 4. The molecule has 4 heteroatoms. The van der Waals surface area contributed by atoms with Gasteiger partial charge in [-0.25, -0.2) is 4.79 Å². The zero-order chi connectivity index (χ0) is 14.9. The van der Waals surface area contributed by atoms with E-state index in [0.717, 1.165) is 33.2 Å². The molecule has 0 saturated carbocycles. The van der Waals surface area contributed by atoms with Crippen LogP contribution in [0.25, 0.3) is 21.9 Å². The van der Waals surface area contributed by atoms with Gasteiger partial charge in [0.15, 0.2) is 0 Å². The summed E-state index contributed by atoms with van der Waals surface area (Å²) in [5.74, 6) is 0.860. The third kappa shape index (κ3) is 2.30. The molecule has 0 amide bonds. The average molecular weight is 269 g/mol. The Morgan fingerprint density at radius 2 is 1.70 bits per heavy atom. The van der Waals surface area contributed by atoms with Crippen LogP contribution in [0.15, 0.2) is 31.8 Å². The molecule has 1 aromatic carbocycles. The normalized spacial score (nSPS) is 10.2. The number of hydrogen-bond donors (Lipinski definition) is 0. The lowest BCUT2D eigenvalue weighted by Crippen LogP contribution is -1.98. The molecule has 0 spiro atoms. The van der Waals surface area contributed by atoms with Gasteiger partial charge in [0, 0.05) is 29.3 Å². The van der Waals surface area contributed by atoms with Crippen LogP contribution in [0.1, 0.15) is 23.8 Å². The molecule has 0 aliphatic rings. The van der Waals surface area contributed by atoms with E-state index in [1.807, 2.05) is 32.9 Å². The second-order valence-electron chi connectivity index (χ2n) is 4.63. The van der Waals surface area contributed by atoms with Gasteiger partial charge in [-0.2, -0.15) is 5.26 Å². The van der Waals surface area contributed by atoms with Gasteiger partial charge in [0.2, 0.25) is 0 Å². The molecule has 4 nitrogen and oxygen atoms in total. The Hall–Kier alpha value is -2.54. The Labute approximate surface area is 116 Å². The minimum atomic E-state index is -0.319. The molecule has 20 heavy (non-hydrogen) atoms. The first-order valence-corrected chi connectivity index (χ1v) is 6.23. The summed E-state index contributed by atoms with van der Waals surface area (Å²) < 4.78 is 10.9. The van der Waals surface area contributed by atoms with Crippen molar-refractivity contribution in [1.29, 1.82) is 5.26 Å². The predicted molar refractivity (Wildman–Crippen MR) is 77.8 cm³/mol. The fraction of sp³-hybridized carbons (Fsp3) is 0.250. The SMILES string of the molecule is CC#N.Cc1cc2cc3c(C)cc(=O)oc3c(C)c2o1. The Morgan fingerprint density at radius 1 is 1.05 bits per heavy atom. The summed E-state index contributed by atoms with van der Waals surface area (Å²) in [7, 11) is 0. The standard InChI is InChI=1S/C14H12O3.C2H3N/c1-7-4-12(15)17-14-9(3)13-10(6-11(7)14)5-8(2)16-13;1-2-3/h4-6H,1-3H3;1H3. The maximum Gasteiger partial charge on any atom is 0.336 e. The van der Waals surface area contributed by atoms with E-state index < -0.39 is 0 Å². The molecule has 3 rings (SSSR count). The largest absolute Gasteiger partial charge is 0.461 e. The summed E-state index contributed by atoms with van der Waals surface area (Å²) in [6.07, 6.45) is 0. The maximum atomic E-state index is 11.4. The van der Waals surface area contributed by atoms with Gasteiger partial charge in [-0.1, -0.05) is 0 Å². The van der Waals surface area contributed by atoms with Gasteiger partial charge < -0.3 is 8.83 Å². The van der Waals surface area contributed by atoms with E-state index in [9.17, 15) is 4.79 Å². The zero-order valence-corrected chi connectivity index (χ0v) is 11.9. The lowest BCUT2D eigenvalue weighted by atomic mass is 10.1. The van der Waals surface area contributed by atoms with Crippen molar-refractivity contribution in [2.75, 3.05) is 0 Å². The van der Waals surface area contributed by atoms with Crippen molar-refractivity contribution in [2.45, 2.75) is 27.7 Å². The molecule has 0 bridgehead atoms. The van der Waals surface area contributed by atoms with Crippen molar-refractivity contribution < 1.29 is 8.83 Å². The van der Waals surface area contributed by atoms with Crippen LogP contribution in [-0.2, 0) is 0 Å². The van der Waals surface area contributed by atoms with Crippen molar-refractivity contribution in [2.24, 2.45) is 0 Å². The Bertz CT molecular complexity index is 878. The number of nitriles is 1. The molecule has 0 radical (unpaired) electrons. The number of benzene rings is 1. The molecule has 0 atom stereocenters. The Balaban J connectivity index is 0.000000452. The van der Waals surface area contributed by atoms with E-state index in [4.69, 9.17) is 14.1 Å². The number of nitrogens with zero attached hydrogens (tertiary/aromatic N) is 1. The van der Waals surface area contributed by atoms with Crippen LogP contribution in [0.2, 0.25) is 0 Å². The van der Waals surface area contributed by atoms with E-state index >= 15 is 0 Å². The van der Waals surface area contributed by atoms with Crippen molar-refractivity contribution in [1.82, 2.24) is 0 Å². The Morgan fingerprint density at radius 3 is 2.35 bits per heavy atom. The summed E-state index contributed by atoms with van der Waals surface area (Å²) in [5, 5.41) is 9.33. The predicted octanol–water partition coefficient (Wildman–Crippen LogP) is 3.99. The molecule has 3 aromatic rings. The first kappa shape index (κ1) is 13.9. The smallest absolute Gasteiger partial charge is 0.336 e. The van der Waals surface area contributed by atoms with Crippen molar-refractivity contribution >= 4 is 21.9 Å². The van der Waals surface area contributed by atoms with Gasteiger partial charge in [-0.15, -0.1) is 0 Å². The highest BCUT2D eigenvalue weighted by Gasteiger charge is 2.12. The van der Waals surface area contributed by atoms with E-state index in [0.29, 0.717) is 5.58 Å². The molecule has 0 unspecified atom stereocenters. The minimum Gasteiger partial charge on any atom is -0.461 e. The van der Waals surface area contributed by atoms with Crippen LogP contribution < -0.4 is 5.63 Å². The molecule has 0 aliphatic heterocycles. The van der Waals surface area contributed by atoms with Crippen LogP contribution in [0.5, 0.6) is 0 Å². The van der Waals surface area contributed by atoms with Crippen LogP contribution in [0.4, 0.5) is 0 Å². The van der Waals surface area contributed by atoms with Crippen molar-refractivity contribution in [3.63, 3.8) is 0 Å². The maximum absolute atomic E-state index is 11.4. The second-order valence-corrected chi connectivity index (χ2v) is 4.63. The molecular weight excluding hydrogens is 254 g/mol. The molecule has 0 saturated heterocycles. The molecule has 2 heterocycles. The third-order valence-corrected chi connectivity index (χ3v) is 3.07. The molecule has 0 aliphatic carbocycles. The third-order valence-electron chi connectivity index (χ3n) is 3.07. The van der Waals surface area contributed by atoms with Crippen molar-refractivity contribution in [3.05, 3.63) is 45.5 Å². The summed E-state index contributed by atoms with van der Waals surface area (Å²) in [6.45, 7) is 7.17. The van der Waals surface area contributed by atoms with E-state index in [-0.39, 0.29) is 5.63 Å². The highest BCUT2D eigenvalue weighted by atomic mass is 16.4. The summed E-state index contributed by atoms with van der Waals surface area (Å²) in [6, 6.07) is 7.26. The highest BCUT2D eigenvalue weighted by molar-refractivity contribution is 5.98. The zero-order valence-electron chi connectivity index (χ0n) is 11.9. The number of rotatable bonds is 0. The summed E-state index contributed by atoms with van der Waals surface area (Å²) in [5.41, 5.74) is 2.91. The molecule has 0 fully saturated rings. The molecule has 102 valence electrons. The van der Waals surface area contributed by atoms with Gasteiger partial charge in [0.1, 0.15) is 16.9 Å². The first-order valence-electron chi connectivity index (χ1n) is 6.23. The van der Waals surface area contributed by atoms with Crippen LogP contribution in [0.3, 0.4) is 0 Å². The van der Waals surface area contributed by atoms with Gasteiger partial charge in [0.05, 0.1) is 6.07 Å². The first-order chi connectivity index (χ1) is 9.47. The summed E-state index contributed by atoms with van der Waals surface area (Å²) in [4.78, 5) is 11.4. The van der Waals surface area contributed by atoms with Gasteiger partial charge in [-0.05, 0) is 38.5 Å². The second kappa shape index (κ2) is 5.22. The van der Waals surface area contributed by atoms with Gasteiger partial charge >= 0.3 is 5.63 Å². The van der Waals surface area contributed by atoms with Gasteiger partial charge in [0.25, 0.3) is 0 Å². The van der Waals surface area contributed by atoms with Crippen LogP contribution in [0, 0.1) is 32.1 Å². The lowest BCUT2D eigenvalue weighted by Gasteiger charge is -2.03. The van der Waals surface area contributed by atoms with E-state index in [1.165, 1.54) is 13.0 Å². The average Bonchev–Trinajstić information content (AvgIpc) is 2.73. The van der Waals surface area contributed by atoms with Gasteiger partial charge in [-0.3, -0.25) is 0 Å². The topological polar surface area (TPSA) is 67.1 Å². The quantitative estimate of drug-likeness (QED) is 0.578. The monoisotopic (exact) mass is 269 g/mol. The number of aryl methyl sites for hydroxylation is 3. The molecule has 0 N–H and O–H groups in total. The highest BCUT2D eigenvalue weighted by Crippen LogP contribution is 2.30. The Kier molecular flexibility index (Phi) is 3.62.